The maximum Gasteiger partial charge on any atom is 0.233 e. The van der Waals surface area contributed by atoms with E-state index in [1.54, 1.807) is 32.2 Å². The summed E-state index contributed by atoms with van der Waals surface area (Å²) in [5, 5.41) is 0.533. The van der Waals surface area contributed by atoms with E-state index in [-0.39, 0.29) is 48.7 Å². The first-order chi connectivity index (χ1) is 16.7. The van der Waals surface area contributed by atoms with Crippen LogP contribution in [0.25, 0.3) is 0 Å². The molecular weight excluding hydrogens is 466 g/mol. The smallest absolute Gasteiger partial charge is 0.233 e. The van der Waals surface area contributed by atoms with Gasteiger partial charge in [0.25, 0.3) is 0 Å². The van der Waals surface area contributed by atoms with Crippen LogP contribution < -0.4 is 4.74 Å². The second-order valence-corrected chi connectivity index (χ2v) is 9.62. The average Bonchev–Trinajstić information content (AvgIpc) is 2.96. The maximum atomic E-state index is 13.4. The van der Waals surface area contributed by atoms with Crippen LogP contribution in [0.3, 0.4) is 0 Å². The highest BCUT2D eigenvalue weighted by Gasteiger charge is 2.35. The molecule has 2 aromatic carbocycles. The van der Waals surface area contributed by atoms with E-state index in [2.05, 4.69) is 0 Å². The molecule has 7 heteroatoms. The van der Waals surface area contributed by atoms with E-state index in [1.165, 1.54) is 0 Å². The first kappa shape index (κ1) is 26.6. The number of amides is 2. The molecule has 0 N–H and O–H groups in total. The van der Waals surface area contributed by atoms with Crippen molar-refractivity contribution in [1.29, 1.82) is 0 Å². The molecule has 0 saturated carbocycles. The zero-order valence-corrected chi connectivity index (χ0v) is 21.3. The van der Waals surface area contributed by atoms with E-state index in [9.17, 15) is 19.2 Å². The van der Waals surface area contributed by atoms with Crippen molar-refractivity contribution < 1.29 is 23.9 Å². The van der Waals surface area contributed by atoms with Crippen LogP contribution in [-0.4, -0.2) is 41.9 Å². The van der Waals surface area contributed by atoms with Crippen molar-refractivity contribution >= 4 is 35.0 Å². The molecular formula is C28H32ClNO5. The lowest BCUT2D eigenvalue weighted by molar-refractivity contribution is -0.148. The Morgan fingerprint density at radius 3 is 2.49 bits per heavy atom. The molecule has 35 heavy (non-hydrogen) atoms. The molecule has 1 aliphatic rings. The molecule has 2 aromatic rings. The van der Waals surface area contributed by atoms with Crippen LogP contribution in [0.5, 0.6) is 5.75 Å². The second-order valence-electron chi connectivity index (χ2n) is 9.18. The van der Waals surface area contributed by atoms with Crippen molar-refractivity contribution in [2.75, 3.05) is 13.7 Å². The minimum atomic E-state index is -0.510. The zero-order chi connectivity index (χ0) is 25.5. The van der Waals surface area contributed by atoms with Crippen LogP contribution in [0.1, 0.15) is 62.1 Å². The highest BCUT2D eigenvalue weighted by Crippen LogP contribution is 2.30. The maximum absolute atomic E-state index is 13.4. The SMILES string of the molecule is CCC(CC(=O)N1CC(=O)CCC(Cc2cc(Cl)ccc2OC)C1=O)c1ccc(CC(C)=O)cc1. The van der Waals surface area contributed by atoms with Crippen LogP contribution in [0.15, 0.2) is 42.5 Å². The summed E-state index contributed by atoms with van der Waals surface area (Å²) in [5.74, 6) is -0.671. The first-order valence-corrected chi connectivity index (χ1v) is 12.4. The summed E-state index contributed by atoms with van der Waals surface area (Å²) in [5.41, 5.74) is 2.68. The number of carbonyl (C=O) groups is 4. The van der Waals surface area contributed by atoms with Crippen LogP contribution in [0.2, 0.25) is 5.02 Å². The molecule has 0 radical (unpaired) electrons. The highest BCUT2D eigenvalue weighted by atomic mass is 35.5. The zero-order valence-electron chi connectivity index (χ0n) is 20.5. The Morgan fingerprint density at radius 1 is 1.14 bits per heavy atom. The number of halogens is 1. The van der Waals surface area contributed by atoms with E-state index in [0.29, 0.717) is 36.5 Å². The van der Waals surface area contributed by atoms with Gasteiger partial charge in [0.1, 0.15) is 11.5 Å². The molecule has 1 heterocycles. The summed E-state index contributed by atoms with van der Waals surface area (Å²) in [6, 6.07) is 12.9. The van der Waals surface area contributed by atoms with E-state index >= 15 is 0 Å². The van der Waals surface area contributed by atoms with E-state index in [4.69, 9.17) is 16.3 Å². The van der Waals surface area contributed by atoms with Gasteiger partial charge in [0, 0.05) is 30.2 Å². The Morgan fingerprint density at radius 2 is 1.86 bits per heavy atom. The number of methoxy groups -OCH3 is 1. The molecule has 2 atom stereocenters. The molecule has 1 saturated heterocycles. The summed E-state index contributed by atoms with van der Waals surface area (Å²) in [6.45, 7) is 3.36. The Balaban J connectivity index is 1.76. The topological polar surface area (TPSA) is 80.8 Å². The molecule has 3 rings (SSSR count). The third kappa shape index (κ3) is 7.01. The van der Waals surface area contributed by atoms with Crippen LogP contribution in [0.4, 0.5) is 0 Å². The van der Waals surface area contributed by atoms with Gasteiger partial charge in [0.2, 0.25) is 11.8 Å². The second kappa shape index (κ2) is 12.1. The summed E-state index contributed by atoms with van der Waals surface area (Å²) in [7, 11) is 1.55. The van der Waals surface area contributed by atoms with Crippen molar-refractivity contribution in [3.63, 3.8) is 0 Å². The van der Waals surface area contributed by atoms with Gasteiger partial charge < -0.3 is 4.74 Å². The molecule has 2 amide bonds. The van der Waals surface area contributed by atoms with E-state index in [1.807, 2.05) is 31.2 Å². The molecule has 186 valence electrons. The lowest BCUT2D eigenvalue weighted by Gasteiger charge is -2.25. The van der Waals surface area contributed by atoms with Gasteiger partial charge in [-0.1, -0.05) is 42.8 Å². The van der Waals surface area contributed by atoms with Gasteiger partial charge in [-0.15, -0.1) is 0 Å². The van der Waals surface area contributed by atoms with Gasteiger partial charge >= 0.3 is 0 Å². The molecule has 1 fully saturated rings. The predicted octanol–water partition coefficient (Wildman–Crippen LogP) is 4.94. The van der Waals surface area contributed by atoms with Gasteiger partial charge in [-0.2, -0.15) is 0 Å². The van der Waals surface area contributed by atoms with Crippen LogP contribution >= 0.6 is 11.6 Å². The van der Waals surface area contributed by atoms with Crippen molar-refractivity contribution in [3.05, 3.63) is 64.2 Å². The number of ketones is 2. The fourth-order valence-corrected chi connectivity index (χ4v) is 4.79. The largest absolute Gasteiger partial charge is 0.496 e. The number of likely N-dealkylation sites (tertiary alicyclic amines) is 1. The number of nitrogens with zero attached hydrogens (tertiary/aromatic N) is 1. The highest BCUT2D eigenvalue weighted by molar-refractivity contribution is 6.30. The van der Waals surface area contributed by atoms with Crippen molar-refractivity contribution in [1.82, 2.24) is 4.90 Å². The minimum Gasteiger partial charge on any atom is -0.496 e. The molecule has 0 aromatic heterocycles. The molecule has 1 aliphatic heterocycles. The first-order valence-electron chi connectivity index (χ1n) is 12.0. The summed E-state index contributed by atoms with van der Waals surface area (Å²) >= 11 is 6.15. The summed E-state index contributed by atoms with van der Waals surface area (Å²) in [6.07, 6.45) is 2.18. The van der Waals surface area contributed by atoms with Crippen molar-refractivity contribution in [2.24, 2.45) is 5.92 Å². The third-order valence-corrected chi connectivity index (χ3v) is 6.78. The lowest BCUT2D eigenvalue weighted by Crippen LogP contribution is -2.42. The van der Waals surface area contributed by atoms with Crippen LogP contribution in [0, 0.1) is 5.92 Å². The summed E-state index contributed by atoms with van der Waals surface area (Å²) in [4.78, 5) is 51.7. The molecule has 0 spiro atoms. The van der Waals surface area contributed by atoms with Crippen LogP contribution in [-0.2, 0) is 32.0 Å². The van der Waals surface area contributed by atoms with E-state index in [0.717, 1.165) is 21.6 Å². The molecule has 0 bridgehead atoms. The van der Waals surface area contributed by atoms with E-state index < -0.39 is 5.92 Å². The molecule has 2 unspecified atom stereocenters. The Hall–Kier alpha value is -2.99. The Kier molecular flexibility index (Phi) is 9.21. The van der Waals surface area contributed by atoms with Gasteiger partial charge in [-0.05, 0) is 67.0 Å². The van der Waals surface area contributed by atoms with Crippen molar-refractivity contribution in [2.45, 2.75) is 58.3 Å². The number of hydrogen-bond acceptors (Lipinski definition) is 5. The number of benzene rings is 2. The standard InChI is InChI=1S/C28H32ClNO5/c1-4-20(21-7-5-19(6-8-21)13-18(2)31)16-27(33)30-17-25(32)11-9-22(28(30)34)14-23-15-24(29)10-12-26(23)35-3/h5-8,10,12,15,20,22H,4,9,11,13-14,16-17H2,1-3H3. The lowest BCUT2D eigenvalue weighted by atomic mass is 9.91. The van der Waals surface area contributed by atoms with Gasteiger partial charge in [-0.25, -0.2) is 0 Å². The fourth-order valence-electron chi connectivity index (χ4n) is 4.60. The van der Waals surface area contributed by atoms with Gasteiger partial charge in [-0.3, -0.25) is 24.1 Å². The van der Waals surface area contributed by atoms with Crippen molar-refractivity contribution in [3.8, 4) is 5.75 Å². The van der Waals surface area contributed by atoms with Gasteiger partial charge in [0.15, 0.2) is 5.78 Å². The average molecular weight is 498 g/mol. The molecule has 6 nitrogen and oxygen atoms in total. The quantitative estimate of drug-likeness (QED) is 0.490. The number of Topliss-reactive ketones (excluding diaryl/α,β-unsaturated/α-hetero) is 2. The number of imide groups is 1. The minimum absolute atomic E-state index is 0.0912. The van der Waals surface area contributed by atoms with Gasteiger partial charge in [0.05, 0.1) is 13.7 Å². The number of hydrogen-bond donors (Lipinski definition) is 0. The molecule has 0 aliphatic carbocycles. The monoisotopic (exact) mass is 497 g/mol. The number of rotatable bonds is 9. The third-order valence-electron chi connectivity index (χ3n) is 6.55. The normalized spacial score (nSPS) is 17.1. The fraction of sp³-hybridized carbons (Fsp3) is 0.429. The Bertz CT molecular complexity index is 1100. The number of carbonyl (C=O) groups excluding carboxylic acids is 4. The predicted molar refractivity (Wildman–Crippen MR) is 135 cm³/mol. The Labute approximate surface area is 211 Å². The summed E-state index contributed by atoms with van der Waals surface area (Å²) < 4.78 is 5.41. The number of ether oxygens (including phenoxy) is 1.